The van der Waals surface area contributed by atoms with Crippen molar-refractivity contribution in [3.63, 3.8) is 0 Å². The standard InChI is InChI=1S/C27H46O6S/c1-6-8-11-17-27(3,4)23(29)16-15-20-21(28)19-22(33-25(31)13-7-2)26(20)34-18-12-9-10-14-24(30)32-5/h15-16,20-21,23,28-29H,6-14,17-19H2,1-5H3/b16-15+/t20-,21+,23?/m0/s1. The van der Waals surface area contributed by atoms with Crippen LogP contribution in [0, 0.1) is 11.3 Å². The highest BCUT2D eigenvalue weighted by Gasteiger charge is 2.35. The van der Waals surface area contributed by atoms with E-state index in [-0.39, 0.29) is 23.3 Å². The van der Waals surface area contributed by atoms with Gasteiger partial charge in [0.2, 0.25) is 0 Å². The lowest BCUT2D eigenvalue weighted by Gasteiger charge is -2.29. The SMILES string of the molecule is CCCCCC(C)(C)C(O)/C=C/[C@@H]1C(SCCCCCC(=O)OC)=C(OC(=O)CCC)C[C@H]1O. The van der Waals surface area contributed by atoms with E-state index in [9.17, 15) is 19.8 Å². The number of ether oxygens (including phenoxy) is 2. The Labute approximate surface area is 210 Å². The molecule has 0 aromatic heterocycles. The number of carbonyl (C=O) groups is 2. The summed E-state index contributed by atoms with van der Waals surface area (Å²) in [7, 11) is 1.40. The van der Waals surface area contributed by atoms with Crippen molar-refractivity contribution in [2.75, 3.05) is 12.9 Å². The van der Waals surface area contributed by atoms with Gasteiger partial charge in [-0.15, -0.1) is 11.8 Å². The molecule has 0 saturated heterocycles. The van der Waals surface area contributed by atoms with E-state index >= 15 is 0 Å². The molecule has 1 aliphatic carbocycles. The molecular formula is C27H46O6S. The zero-order valence-corrected chi connectivity index (χ0v) is 22.6. The Balaban J connectivity index is 2.85. The molecule has 2 N–H and O–H groups in total. The first kappa shape index (κ1) is 30.7. The second-order valence-electron chi connectivity index (χ2n) is 9.82. The number of rotatable bonds is 17. The Bertz CT molecular complexity index is 685. The molecule has 196 valence electrons. The van der Waals surface area contributed by atoms with E-state index in [1.165, 1.54) is 7.11 Å². The van der Waals surface area contributed by atoms with Crippen LogP contribution in [0.3, 0.4) is 0 Å². The van der Waals surface area contributed by atoms with Crippen LogP contribution < -0.4 is 0 Å². The smallest absolute Gasteiger partial charge is 0.310 e. The quantitative estimate of drug-likeness (QED) is 0.146. The molecule has 1 rings (SSSR count). The summed E-state index contributed by atoms with van der Waals surface area (Å²) >= 11 is 1.60. The maximum atomic E-state index is 12.1. The highest BCUT2D eigenvalue weighted by molar-refractivity contribution is 8.03. The van der Waals surface area contributed by atoms with Crippen LogP contribution in [0.5, 0.6) is 0 Å². The Hall–Kier alpha value is -1.31. The second kappa shape index (κ2) is 16.4. The Morgan fingerprint density at radius 3 is 2.47 bits per heavy atom. The van der Waals surface area contributed by atoms with Crippen LogP contribution in [0.25, 0.3) is 0 Å². The average Bonchev–Trinajstić information content (AvgIpc) is 3.07. The van der Waals surface area contributed by atoms with Crippen molar-refractivity contribution in [2.24, 2.45) is 11.3 Å². The van der Waals surface area contributed by atoms with Crippen molar-refractivity contribution in [3.05, 3.63) is 22.8 Å². The van der Waals surface area contributed by atoms with E-state index in [1.807, 2.05) is 13.0 Å². The number of methoxy groups -OCH3 is 1. The number of hydrogen-bond donors (Lipinski definition) is 2. The lowest BCUT2D eigenvalue weighted by Crippen LogP contribution is -2.28. The van der Waals surface area contributed by atoms with Gasteiger partial charge in [0, 0.05) is 30.1 Å². The Morgan fingerprint density at radius 2 is 1.82 bits per heavy atom. The van der Waals surface area contributed by atoms with Gasteiger partial charge in [0.15, 0.2) is 0 Å². The molecule has 0 amide bonds. The van der Waals surface area contributed by atoms with Crippen molar-refractivity contribution in [3.8, 4) is 0 Å². The summed E-state index contributed by atoms with van der Waals surface area (Å²) in [6, 6.07) is 0. The number of aliphatic hydroxyl groups excluding tert-OH is 2. The van der Waals surface area contributed by atoms with Crippen LogP contribution in [0.4, 0.5) is 0 Å². The van der Waals surface area contributed by atoms with E-state index < -0.39 is 12.2 Å². The number of carbonyl (C=O) groups excluding carboxylic acids is 2. The van der Waals surface area contributed by atoms with Crippen molar-refractivity contribution in [1.29, 1.82) is 0 Å². The van der Waals surface area contributed by atoms with Gasteiger partial charge in [-0.3, -0.25) is 9.59 Å². The van der Waals surface area contributed by atoms with Crippen LogP contribution in [0.1, 0.15) is 98.3 Å². The molecule has 7 heteroatoms. The summed E-state index contributed by atoms with van der Waals surface area (Å²) < 4.78 is 10.3. The molecule has 1 aliphatic rings. The minimum atomic E-state index is -0.682. The Kier molecular flexibility index (Phi) is 14.8. The van der Waals surface area contributed by atoms with E-state index in [0.29, 0.717) is 31.4 Å². The first-order valence-electron chi connectivity index (χ1n) is 12.8. The predicted octanol–water partition coefficient (Wildman–Crippen LogP) is 5.91. The third-order valence-electron chi connectivity index (χ3n) is 6.31. The highest BCUT2D eigenvalue weighted by atomic mass is 32.2. The molecule has 1 unspecified atom stereocenters. The van der Waals surface area contributed by atoms with Gasteiger partial charge in [-0.25, -0.2) is 0 Å². The molecule has 0 spiro atoms. The number of aliphatic hydroxyl groups is 2. The van der Waals surface area contributed by atoms with Gasteiger partial charge in [0.05, 0.1) is 19.3 Å². The molecule has 0 aromatic rings. The third-order valence-corrected chi connectivity index (χ3v) is 7.62. The fourth-order valence-corrected chi connectivity index (χ4v) is 5.23. The summed E-state index contributed by atoms with van der Waals surface area (Å²) in [5, 5.41) is 21.6. The molecule has 3 atom stereocenters. The highest BCUT2D eigenvalue weighted by Crippen LogP contribution is 2.42. The minimum absolute atomic E-state index is 0.194. The van der Waals surface area contributed by atoms with Crippen molar-refractivity contribution in [2.45, 2.75) is 111 Å². The van der Waals surface area contributed by atoms with Crippen LogP contribution in [-0.4, -0.2) is 47.2 Å². The molecule has 0 saturated carbocycles. The number of unbranched alkanes of at least 4 members (excludes halogenated alkanes) is 4. The summed E-state index contributed by atoms with van der Waals surface area (Å²) in [5.74, 6) is 0.582. The maximum absolute atomic E-state index is 12.1. The van der Waals surface area contributed by atoms with Crippen LogP contribution in [-0.2, 0) is 19.1 Å². The molecule has 0 heterocycles. The third kappa shape index (κ3) is 11.0. The fourth-order valence-electron chi connectivity index (χ4n) is 3.95. The van der Waals surface area contributed by atoms with E-state index in [4.69, 9.17) is 4.74 Å². The molecule has 0 aromatic carbocycles. The van der Waals surface area contributed by atoms with Gasteiger partial charge in [-0.05, 0) is 36.9 Å². The van der Waals surface area contributed by atoms with Crippen molar-refractivity contribution < 1.29 is 29.3 Å². The lowest BCUT2D eigenvalue weighted by molar-refractivity contribution is -0.141. The predicted molar refractivity (Wildman–Crippen MR) is 138 cm³/mol. The zero-order valence-electron chi connectivity index (χ0n) is 21.8. The van der Waals surface area contributed by atoms with Gasteiger partial charge in [0.1, 0.15) is 5.76 Å². The molecule has 6 nitrogen and oxygen atoms in total. The lowest BCUT2D eigenvalue weighted by atomic mass is 9.81. The summed E-state index contributed by atoms with van der Waals surface area (Å²) in [6.45, 7) is 8.24. The summed E-state index contributed by atoms with van der Waals surface area (Å²) in [4.78, 5) is 24.3. The minimum Gasteiger partial charge on any atom is -0.469 e. The molecule has 0 fully saturated rings. The first-order chi connectivity index (χ1) is 16.2. The summed E-state index contributed by atoms with van der Waals surface area (Å²) in [6.07, 6.45) is 11.0. The van der Waals surface area contributed by atoms with Gasteiger partial charge in [-0.2, -0.15) is 0 Å². The van der Waals surface area contributed by atoms with Crippen molar-refractivity contribution >= 4 is 23.7 Å². The van der Waals surface area contributed by atoms with E-state index in [0.717, 1.165) is 55.6 Å². The van der Waals surface area contributed by atoms with Crippen molar-refractivity contribution in [1.82, 2.24) is 0 Å². The van der Waals surface area contributed by atoms with Gasteiger partial charge in [-0.1, -0.05) is 65.5 Å². The topological polar surface area (TPSA) is 93.1 Å². The fraction of sp³-hybridized carbons (Fsp3) is 0.778. The number of thioether (sulfide) groups is 1. The molecule has 0 aliphatic heterocycles. The number of esters is 2. The molecule has 34 heavy (non-hydrogen) atoms. The van der Waals surface area contributed by atoms with Crippen LogP contribution in [0.15, 0.2) is 22.8 Å². The maximum Gasteiger partial charge on any atom is 0.310 e. The van der Waals surface area contributed by atoms with Gasteiger partial charge >= 0.3 is 11.9 Å². The normalized spacial score (nSPS) is 19.6. The largest absolute Gasteiger partial charge is 0.469 e. The molecule has 0 bridgehead atoms. The van der Waals surface area contributed by atoms with Crippen LogP contribution >= 0.6 is 11.8 Å². The van der Waals surface area contributed by atoms with E-state index in [2.05, 4.69) is 25.5 Å². The second-order valence-corrected chi connectivity index (χ2v) is 11.0. The Morgan fingerprint density at radius 1 is 1.09 bits per heavy atom. The monoisotopic (exact) mass is 498 g/mol. The number of hydrogen-bond acceptors (Lipinski definition) is 7. The average molecular weight is 499 g/mol. The zero-order chi connectivity index (χ0) is 25.6. The summed E-state index contributed by atoms with van der Waals surface area (Å²) in [5.41, 5.74) is -0.248. The van der Waals surface area contributed by atoms with E-state index in [1.54, 1.807) is 17.8 Å². The van der Waals surface area contributed by atoms with Crippen LogP contribution in [0.2, 0.25) is 0 Å². The van der Waals surface area contributed by atoms with Gasteiger partial charge in [0.25, 0.3) is 0 Å². The molecule has 0 radical (unpaired) electrons. The van der Waals surface area contributed by atoms with Gasteiger partial charge < -0.3 is 19.7 Å². The first-order valence-corrected chi connectivity index (χ1v) is 13.8. The molecular weight excluding hydrogens is 452 g/mol.